The third-order valence-electron chi connectivity index (χ3n) is 7.02. The Hall–Kier alpha value is -3.84. The van der Waals surface area contributed by atoms with Crippen LogP contribution in [-0.2, 0) is 4.74 Å². The second-order valence-electron chi connectivity index (χ2n) is 9.24. The molecule has 2 N–H and O–H groups in total. The number of hydrogen-bond acceptors (Lipinski definition) is 8. The van der Waals surface area contributed by atoms with Crippen LogP contribution >= 0.6 is 0 Å². The standard InChI is InChI=1S/C24H26F2N8O3/c1-27-21(35)17-9-28-19-4-3-14(10-33(17)19)16-5-8-34-20(16)22(36-2)30-23(31-34)29-18-6-7-32(13-24(18,25)26)15-11-37-12-15/h3-5,8-10,15,18H,6-7,11-13H2,1-2H3,(H,27,35)(H,29,31)/t18-/m1/s1. The molecule has 4 aromatic heterocycles. The lowest BCUT2D eigenvalue weighted by atomic mass is 9.98. The first kappa shape index (κ1) is 23.6. The predicted octanol–water partition coefficient (Wildman–Crippen LogP) is 1.93. The number of alkyl halides is 2. The number of amides is 1. The maximum absolute atomic E-state index is 15.0. The van der Waals surface area contributed by atoms with Gasteiger partial charge in [-0.25, -0.2) is 18.3 Å². The highest BCUT2D eigenvalue weighted by molar-refractivity contribution is 5.93. The van der Waals surface area contributed by atoms with Gasteiger partial charge in [0.1, 0.15) is 16.9 Å². The molecule has 13 heteroatoms. The highest BCUT2D eigenvalue weighted by Crippen LogP contribution is 2.34. The number of rotatable bonds is 6. The van der Waals surface area contributed by atoms with Crippen molar-refractivity contribution in [1.82, 2.24) is 34.2 Å². The Morgan fingerprint density at radius 1 is 1.27 bits per heavy atom. The number of carbonyl (C=O) groups excluding carboxylic acids is 1. The first-order valence-electron chi connectivity index (χ1n) is 12.0. The number of ether oxygens (including phenoxy) is 2. The van der Waals surface area contributed by atoms with Gasteiger partial charge in [0.05, 0.1) is 45.1 Å². The molecule has 0 aromatic carbocycles. The Bertz CT molecular complexity index is 1480. The normalized spacial score (nSPS) is 20.2. The summed E-state index contributed by atoms with van der Waals surface area (Å²) >= 11 is 0. The number of imidazole rings is 1. The van der Waals surface area contributed by atoms with Gasteiger partial charge in [0, 0.05) is 37.1 Å². The Morgan fingerprint density at radius 2 is 2.11 bits per heavy atom. The van der Waals surface area contributed by atoms with E-state index in [-0.39, 0.29) is 36.7 Å². The highest BCUT2D eigenvalue weighted by Gasteiger charge is 2.47. The molecule has 11 nitrogen and oxygen atoms in total. The van der Waals surface area contributed by atoms with Crippen molar-refractivity contribution < 1.29 is 23.0 Å². The number of nitrogens with one attached hydrogen (secondary N) is 2. The fourth-order valence-corrected chi connectivity index (χ4v) is 4.91. The number of methoxy groups -OCH3 is 1. The quantitative estimate of drug-likeness (QED) is 0.403. The van der Waals surface area contributed by atoms with Crippen LogP contribution < -0.4 is 15.4 Å². The van der Waals surface area contributed by atoms with E-state index in [1.165, 1.54) is 13.3 Å². The minimum Gasteiger partial charge on any atom is -0.479 e. The van der Waals surface area contributed by atoms with Crippen LogP contribution in [0.1, 0.15) is 16.9 Å². The van der Waals surface area contributed by atoms with E-state index in [4.69, 9.17) is 9.47 Å². The highest BCUT2D eigenvalue weighted by atomic mass is 19.3. The van der Waals surface area contributed by atoms with Gasteiger partial charge in [0.25, 0.3) is 11.8 Å². The minimum atomic E-state index is -2.95. The summed E-state index contributed by atoms with van der Waals surface area (Å²) in [4.78, 5) is 22.7. The molecule has 0 aliphatic carbocycles. The largest absolute Gasteiger partial charge is 0.479 e. The molecule has 6 rings (SSSR count). The Balaban J connectivity index is 1.31. The van der Waals surface area contributed by atoms with Gasteiger partial charge in [-0.05, 0) is 24.6 Å². The molecule has 0 saturated carbocycles. The van der Waals surface area contributed by atoms with E-state index in [1.807, 2.05) is 12.1 Å². The summed E-state index contributed by atoms with van der Waals surface area (Å²) in [6, 6.07) is 4.47. The number of aromatic nitrogens is 5. The summed E-state index contributed by atoms with van der Waals surface area (Å²) < 4.78 is 43.9. The number of pyridine rings is 1. The average molecular weight is 513 g/mol. The van der Waals surface area contributed by atoms with E-state index in [0.29, 0.717) is 36.6 Å². The van der Waals surface area contributed by atoms with Gasteiger partial charge in [-0.1, -0.05) is 0 Å². The van der Waals surface area contributed by atoms with Gasteiger partial charge in [-0.3, -0.25) is 14.1 Å². The molecule has 6 heterocycles. The van der Waals surface area contributed by atoms with E-state index in [1.54, 1.807) is 39.3 Å². The molecule has 1 atom stereocenters. The molecule has 0 bridgehead atoms. The molecular weight excluding hydrogens is 486 g/mol. The zero-order chi connectivity index (χ0) is 25.7. The molecule has 37 heavy (non-hydrogen) atoms. The second kappa shape index (κ2) is 8.92. The lowest BCUT2D eigenvalue weighted by Crippen LogP contribution is -2.61. The molecule has 0 radical (unpaired) electrons. The average Bonchev–Trinajstić information content (AvgIpc) is 3.47. The zero-order valence-corrected chi connectivity index (χ0v) is 20.3. The SMILES string of the molecule is CNC(=O)c1cnc2ccc(-c3ccn4nc(N[C@@H]5CCN(C6COC6)CC5(F)F)nc(OC)c34)cn12. The number of carbonyl (C=O) groups is 1. The topological polar surface area (TPSA) is 110 Å². The molecule has 2 aliphatic heterocycles. The van der Waals surface area contributed by atoms with Crippen molar-refractivity contribution in [3.8, 4) is 17.0 Å². The van der Waals surface area contributed by atoms with E-state index >= 15 is 0 Å². The fourth-order valence-electron chi connectivity index (χ4n) is 4.91. The van der Waals surface area contributed by atoms with Crippen LogP contribution in [0.5, 0.6) is 5.88 Å². The van der Waals surface area contributed by atoms with E-state index in [0.717, 1.165) is 11.1 Å². The lowest BCUT2D eigenvalue weighted by molar-refractivity contribution is -0.131. The van der Waals surface area contributed by atoms with Crippen molar-refractivity contribution in [3.63, 3.8) is 0 Å². The molecule has 2 aliphatic rings. The molecule has 4 aromatic rings. The van der Waals surface area contributed by atoms with Crippen LogP contribution in [0, 0.1) is 0 Å². The molecule has 2 fully saturated rings. The van der Waals surface area contributed by atoms with Crippen molar-refractivity contribution in [2.24, 2.45) is 0 Å². The summed E-state index contributed by atoms with van der Waals surface area (Å²) in [6.45, 7) is 1.22. The van der Waals surface area contributed by atoms with Gasteiger partial charge >= 0.3 is 0 Å². The molecule has 2 saturated heterocycles. The van der Waals surface area contributed by atoms with E-state index < -0.39 is 12.0 Å². The zero-order valence-electron chi connectivity index (χ0n) is 20.3. The van der Waals surface area contributed by atoms with Crippen LogP contribution in [0.25, 0.3) is 22.3 Å². The van der Waals surface area contributed by atoms with Crippen LogP contribution in [0.4, 0.5) is 14.7 Å². The number of nitrogens with zero attached hydrogens (tertiary/aromatic N) is 6. The fraction of sp³-hybridized carbons (Fsp3) is 0.417. The van der Waals surface area contributed by atoms with Crippen LogP contribution in [0.3, 0.4) is 0 Å². The number of anilines is 1. The molecule has 0 unspecified atom stereocenters. The van der Waals surface area contributed by atoms with Crippen molar-refractivity contribution in [2.75, 3.05) is 45.8 Å². The van der Waals surface area contributed by atoms with Crippen molar-refractivity contribution in [2.45, 2.75) is 24.4 Å². The van der Waals surface area contributed by atoms with Gasteiger partial charge < -0.3 is 20.1 Å². The van der Waals surface area contributed by atoms with Crippen LogP contribution in [0.2, 0.25) is 0 Å². The predicted molar refractivity (Wildman–Crippen MR) is 130 cm³/mol. The smallest absolute Gasteiger partial charge is 0.280 e. The Morgan fingerprint density at radius 3 is 2.81 bits per heavy atom. The number of halogens is 2. The van der Waals surface area contributed by atoms with Crippen LogP contribution in [-0.4, -0.2) is 93.3 Å². The van der Waals surface area contributed by atoms with Gasteiger partial charge in [0.15, 0.2) is 0 Å². The van der Waals surface area contributed by atoms with Gasteiger partial charge in [-0.2, -0.15) is 4.98 Å². The monoisotopic (exact) mass is 512 g/mol. The van der Waals surface area contributed by atoms with Crippen molar-refractivity contribution in [3.05, 3.63) is 42.5 Å². The maximum atomic E-state index is 15.0. The Kier molecular flexibility index (Phi) is 5.68. The summed E-state index contributed by atoms with van der Waals surface area (Å²) in [6.07, 6.45) is 5.28. The first-order chi connectivity index (χ1) is 17.9. The summed E-state index contributed by atoms with van der Waals surface area (Å²) in [5.74, 6) is -2.92. The second-order valence-corrected chi connectivity index (χ2v) is 9.24. The Labute approximate surface area is 210 Å². The lowest BCUT2D eigenvalue weighted by Gasteiger charge is -2.44. The number of piperidine rings is 1. The van der Waals surface area contributed by atoms with E-state index in [2.05, 4.69) is 25.7 Å². The molecule has 1 amide bonds. The maximum Gasteiger partial charge on any atom is 0.280 e. The summed E-state index contributed by atoms with van der Waals surface area (Å²) in [5, 5.41) is 9.90. The van der Waals surface area contributed by atoms with Crippen LogP contribution in [0.15, 0.2) is 36.8 Å². The molecular formula is C24H26F2N8O3. The van der Waals surface area contributed by atoms with Gasteiger partial charge in [0.2, 0.25) is 11.8 Å². The summed E-state index contributed by atoms with van der Waals surface area (Å²) in [7, 11) is 3.03. The number of likely N-dealkylation sites (tertiary alicyclic amines) is 1. The number of hydrogen-bond donors (Lipinski definition) is 2. The third kappa shape index (κ3) is 4.03. The molecule has 0 spiro atoms. The van der Waals surface area contributed by atoms with Gasteiger partial charge in [-0.15, -0.1) is 5.10 Å². The number of fused-ring (bicyclic) bond motifs is 2. The minimum absolute atomic E-state index is 0.0589. The third-order valence-corrected chi connectivity index (χ3v) is 7.02. The van der Waals surface area contributed by atoms with Crippen molar-refractivity contribution in [1.29, 1.82) is 0 Å². The van der Waals surface area contributed by atoms with Crippen molar-refractivity contribution >= 4 is 23.0 Å². The van der Waals surface area contributed by atoms with E-state index in [9.17, 15) is 13.6 Å². The first-order valence-corrected chi connectivity index (χ1v) is 12.0. The summed E-state index contributed by atoms with van der Waals surface area (Å²) in [5.41, 5.74) is 3.12. The molecule has 194 valence electrons.